The van der Waals surface area contributed by atoms with Crippen molar-refractivity contribution >= 4 is 27.5 Å². The molecule has 0 bridgehead atoms. The van der Waals surface area contributed by atoms with E-state index in [1.54, 1.807) is 6.07 Å². The van der Waals surface area contributed by atoms with E-state index in [4.69, 9.17) is 0 Å². The number of nitrogens with one attached hydrogen (secondary N) is 2. The smallest absolute Gasteiger partial charge is 0.313 e. The lowest BCUT2D eigenvalue weighted by Gasteiger charge is -2.34. The molecule has 1 fully saturated rings. The number of nitrogens with zero attached hydrogens (tertiary/aromatic N) is 1. The summed E-state index contributed by atoms with van der Waals surface area (Å²) in [4.78, 5) is 24.6. The first-order valence-electron chi connectivity index (χ1n) is 11.0. The summed E-state index contributed by atoms with van der Waals surface area (Å²) in [6, 6.07) is 9.05. The van der Waals surface area contributed by atoms with E-state index < -0.39 is 27.7 Å². The molecule has 2 amide bonds. The number of anilines is 1. The van der Waals surface area contributed by atoms with Gasteiger partial charge in [0.25, 0.3) is 0 Å². The molecule has 9 heteroatoms. The van der Waals surface area contributed by atoms with Crippen LogP contribution in [0.1, 0.15) is 42.4 Å². The van der Waals surface area contributed by atoms with Gasteiger partial charge in [0.2, 0.25) is 10.0 Å². The van der Waals surface area contributed by atoms with Crippen molar-refractivity contribution in [2.75, 3.05) is 18.4 Å². The maximum Gasteiger partial charge on any atom is 0.313 e. The van der Waals surface area contributed by atoms with E-state index in [0.29, 0.717) is 25.1 Å². The van der Waals surface area contributed by atoms with Crippen molar-refractivity contribution in [1.82, 2.24) is 9.62 Å². The number of benzene rings is 2. The number of piperidine rings is 1. The third-order valence-corrected chi connectivity index (χ3v) is 7.87. The van der Waals surface area contributed by atoms with Crippen LogP contribution in [-0.2, 0) is 19.6 Å². The highest BCUT2D eigenvalue weighted by molar-refractivity contribution is 7.89. The quantitative estimate of drug-likeness (QED) is 0.626. The Morgan fingerprint density at radius 3 is 2.52 bits per heavy atom. The maximum absolute atomic E-state index is 13.6. The van der Waals surface area contributed by atoms with Crippen molar-refractivity contribution in [1.29, 1.82) is 0 Å². The Morgan fingerprint density at radius 2 is 1.79 bits per heavy atom. The van der Waals surface area contributed by atoms with Crippen molar-refractivity contribution < 1.29 is 22.4 Å². The van der Waals surface area contributed by atoms with Crippen LogP contribution < -0.4 is 10.6 Å². The molecule has 0 spiro atoms. The van der Waals surface area contributed by atoms with E-state index >= 15 is 0 Å². The minimum atomic E-state index is -3.79. The van der Waals surface area contributed by atoms with E-state index in [1.807, 2.05) is 26.0 Å². The van der Waals surface area contributed by atoms with Gasteiger partial charge in [-0.1, -0.05) is 18.6 Å². The topological polar surface area (TPSA) is 95.6 Å². The first-order valence-corrected chi connectivity index (χ1v) is 12.5. The molecule has 3 rings (SSSR count). The molecular weight excluding hydrogens is 445 g/mol. The van der Waals surface area contributed by atoms with Crippen LogP contribution in [0, 0.1) is 26.6 Å². The summed E-state index contributed by atoms with van der Waals surface area (Å²) in [7, 11) is -3.79. The average Bonchev–Trinajstić information content (AvgIpc) is 2.78. The lowest BCUT2D eigenvalue weighted by atomic mass is 10.0. The third-order valence-electron chi connectivity index (χ3n) is 5.92. The largest absolute Gasteiger partial charge is 0.348 e. The Labute approximate surface area is 194 Å². The standard InChI is InChI=1S/C24H30FN3O4S/c1-16-7-8-17(2)22(14-16)27-24(30)23(29)26-12-11-19-6-4-5-13-28(19)33(31,32)20-9-10-21(25)18(3)15-20/h7-10,14-15,19H,4-6,11-13H2,1-3H3,(H,26,29)(H,27,30)/t19-/m0/s1. The fourth-order valence-electron chi connectivity index (χ4n) is 3.97. The monoisotopic (exact) mass is 475 g/mol. The zero-order valence-electron chi connectivity index (χ0n) is 19.2. The molecule has 1 heterocycles. The Balaban J connectivity index is 1.61. The van der Waals surface area contributed by atoms with Gasteiger partial charge in [-0.2, -0.15) is 4.31 Å². The Bertz CT molecular complexity index is 1150. The minimum Gasteiger partial charge on any atom is -0.348 e. The highest BCUT2D eigenvalue weighted by Gasteiger charge is 2.33. The number of carbonyl (C=O) groups excluding carboxylic acids is 2. The summed E-state index contributed by atoms with van der Waals surface area (Å²) in [5.74, 6) is -1.99. The molecule has 7 nitrogen and oxygen atoms in total. The van der Waals surface area contributed by atoms with Gasteiger partial charge < -0.3 is 10.6 Å². The molecular formula is C24H30FN3O4S. The van der Waals surface area contributed by atoms with E-state index in [1.165, 1.54) is 23.4 Å². The summed E-state index contributed by atoms with van der Waals surface area (Å²) in [5, 5.41) is 5.21. The highest BCUT2D eigenvalue weighted by atomic mass is 32.2. The Hall–Kier alpha value is -2.78. The van der Waals surface area contributed by atoms with Crippen molar-refractivity contribution in [3.63, 3.8) is 0 Å². The highest BCUT2D eigenvalue weighted by Crippen LogP contribution is 2.27. The van der Waals surface area contributed by atoms with Gasteiger partial charge >= 0.3 is 11.8 Å². The summed E-state index contributed by atoms with van der Waals surface area (Å²) < 4.78 is 41.4. The van der Waals surface area contributed by atoms with Crippen LogP contribution in [0.5, 0.6) is 0 Å². The SMILES string of the molecule is Cc1ccc(C)c(NC(=O)C(=O)NCC[C@@H]2CCCCN2S(=O)(=O)c2ccc(F)c(C)c2)c1. The summed E-state index contributed by atoms with van der Waals surface area (Å²) in [5.41, 5.74) is 2.66. The number of hydrogen-bond acceptors (Lipinski definition) is 4. The second kappa shape index (κ2) is 10.4. The number of halogens is 1. The molecule has 1 aliphatic rings. The lowest BCUT2D eigenvalue weighted by Crippen LogP contribution is -2.45. The lowest BCUT2D eigenvalue weighted by molar-refractivity contribution is -0.136. The van der Waals surface area contributed by atoms with Gasteiger partial charge in [-0.25, -0.2) is 12.8 Å². The molecule has 0 aromatic heterocycles. The zero-order chi connectivity index (χ0) is 24.2. The van der Waals surface area contributed by atoms with Crippen molar-refractivity contribution in [3.8, 4) is 0 Å². The van der Waals surface area contributed by atoms with Crippen LogP contribution in [0.3, 0.4) is 0 Å². The average molecular weight is 476 g/mol. The number of sulfonamides is 1. The second-order valence-electron chi connectivity index (χ2n) is 8.49. The van der Waals surface area contributed by atoms with E-state index in [9.17, 15) is 22.4 Å². The first kappa shape index (κ1) is 24.9. The predicted octanol–water partition coefficient (Wildman–Crippen LogP) is 3.44. The second-order valence-corrected chi connectivity index (χ2v) is 10.4. The maximum atomic E-state index is 13.6. The summed E-state index contributed by atoms with van der Waals surface area (Å²) >= 11 is 0. The number of rotatable bonds is 6. The van der Waals surface area contributed by atoms with E-state index in [-0.39, 0.29) is 23.0 Å². The van der Waals surface area contributed by atoms with Gasteiger partial charge in [0.1, 0.15) is 5.82 Å². The molecule has 2 N–H and O–H groups in total. The predicted molar refractivity (Wildman–Crippen MR) is 125 cm³/mol. The van der Waals surface area contributed by atoms with Crippen molar-refractivity contribution in [2.45, 2.75) is 57.4 Å². The minimum absolute atomic E-state index is 0.0604. The van der Waals surface area contributed by atoms with Crippen LogP contribution in [0.15, 0.2) is 41.3 Å². The number of amides is 2. The molecule has 2 aromatic rings. The molecule has 1 aliphatic heterocycles. The van der Waals surface area contributed by atoms with Gasteiger partial charge in [0.15, 0.2) is 0 Å². The van der Waals surface area contributed by atoms with Gasteiger partial charge in [-0.15, -0.1) is 0 Å². The van der Waals surface area contributed by atoms with Crippen LogP contribution in [0.25, 0.3) is 0 Å². The third kappa shape index (κ3) is 5.97. The van der Waals surface area contributed by atoms with Crippen molar-refractivity contribution in [2.24, 2.45) is 0 Å². The molecule has 1 atom stereocenters. The molecule has 1 saturated heterocycles. The first-order chi connectivity index (χ1) is 15.6. The fourth-order valence-corrected chi connectivity index (χ4v) is 5.78. The number of aryl methyl sites for hydroxylation is 3. The summed E-state index contributed by atoms with van der Waals surface area (Å²) in [6.07, 6.45) is 2.65. The molecule has 0 saturated carbocycles. The molecule has 0 aliphatic carbocycles. The van der Waals surface area contributed by atoms with Crippen LogP contribution in [0.2, 0.25) is 0 Å². The molecule has 178 valence electrons. The number of hydrogen-bond donors (Lipinski definition) is 2. The van der Waals surface area contributed by atoms with Crippen molar-refractivity contribution in [3.05, 3.63) is 58.9 Å². The Kier molecular flexibility index (Phi) is 7.86. The van der Waals surface area contributed by atoms with Gasteiger partial charge in [0, 0.05) is 24.8 Å². The normalized spacial score (nSPS) is 16.9. The molecule has 0 radical (unpaired) electrons. The van der Waals surface area contributed by atoms with Gasteiger partial charge in [-0.05, 0) is 81.0 Å². The fraction of sp³-hybridized carbons (Fsp3) is 0.417. The Morgan fingerprint density at radius 1 is 1.03 bits per heavy atom. The number of carbonyl (C=O) groups is 2. The van der Waals surface area contributed by atoms with E-state index in [0.717, 1.165) is 30.0 Å². The molecule has 2 aromatic carbocycles. The van der Waals surface area contributed by atoms with E-state index in [2.05, 4.69) is 10.6 Å². The van der Waals surface area contributed by atoms with Crippen LogP contribution in [-0.4, -0.2) is 43.7 Å². The molecule has 33 heavy (non-hydrogen) atoms. The van der Waals surface area contributed by atoms with Gasteiger partial charge in [-0.3, -0.25) is 9.59 Å². The molecule has 0 unspecified atom stereocenters. The van der Waals surface area contributed by atoms with Gasteiger partial charge in [0.05, 0.1) is 4.90 Å². The zero-order valence-corrected chi connectivity index (χ0v) is 20.0. The van der Waals surface area contributed by atoms with Crippen LogP contribution >= 0.6 is 0 Å². The summed E-state index contributed by atoms with van der Waals surface area (Å²) in [6.45, 7) is 5.80. The van der Waals surface area contributed by atoms with Crippen LogP contribution in [0.4, 0.5) is 10.1 Å².